The number of nitrogens with one attached hydrogen (secondary N) is 1. The van der Waals surface area contributed by atoms with E-state index in [1.807, 2.05) is 0 Å². The van der Waals surface area contributed by atoms with Gasteiger partial charge in [-0.15, -0.1) is 0 Å². The Morgan fingerprint density at radius 2 is 1.86 bits per heavy atom. The Morgan fingerprint density at radius 3 is 2.36 bits per heavy atom. The number of aliphatic hydroxyl groups is 3. The molecule has 4 N–H and O–H groups in total. The fourth-order valence-corrected chi connectivity index (χ4v) is 1.44. The summed E-state index contributed by atoms with van der Waals surface area (Å²) in [4.78, 5) is 10.7. The maximum Gasteiger partial charge on any atom is 0.217 e. The third-order valence-electron chi connectivity index (χ3n) is 2.23. The van der Waals surface area contributed by atoms with Gasteiger partial charge in [-0.05, 0) is 6.92 Å². The van der Waals surface area contributed by atoms with Crippen LogP contribution in [0.2, 0.25) is 0 Å². The van der Waals surface area contributed by atoms with Crippen molar-refractivity contribution in [3.63, 3.8) is 0 Å². The molecule has 0 aromatic heterocycles. The summed E-state index contributed by atoms with van der Waals surface area (Å²) in [5.41, 5.74) is 0. The maximum atomic E-state index is 10.7. The van der Waals surface area contributed by atoms with E-state index in [2.05, 4.69) is 5.32 Å². The van der Waals surface area contributed by atoms with Crippen molar-refractivity contribution in [2.75, 3.05) is 0 Å². The highest BCUT2D eigenvalue weighted by Crippen LogP contribution is 2.19. The molecular formula is C8H15NO5. The highest BCUT2D eigenvalue weighted by atomic mass is 16.6. The SMILES string of the molecule is CC(=O)N[C@H]1C(O)O[C@@H](C)[C@H](O)[C@H]1O. The molecule has 0 spiro atoms. The number of hydrogen-bond acceptors (Lipinski definition) is 5. The molecular weight excluding hydrogens is 190 g/mol. The van der Waals surface area contributed by atoms with Crippen molar-refractivity contribution in [3.8, 4) is 0 Å². The summed E-state index contributed by atoms with van der Waals surface area (Å²) in [6.45, 7) is 2.78. The van der Waals surface area contributed by atoms with E-state index in [0.717, 1.165) is 0 Å². The molecule has 1 aliphatic heterocycles. The van der Waals surface area contributed by atoms with Gasteiger partial charge in [-0.2, -0.15) is 0 Å². The standard InChI is InChI=1S/C8H15NO5/c1-3-6(11)7(12)5(8(13)14-3)9-4(2)10/h3,5-8,11-13H,1-2H3,(H,9,10)/t3-,5+,6-,7-,8?/m0/s1. The molecule has 1 rings (SSSR count). The van der Waals surface area contributed by atoms with E-state index < -0.39 is 36.6 Å². The van der Waals surface area contributed by atoms with E-state index in [4.69, 9.17) is 4.74 Å². The van der Waals surface area contributed by atoms with Crippen LogP contribution >= 0.6 is 0 Å². The summed E-state index contributed by atoms with van der Waals surface area (Å²) < 4.78 is 4.91. The first-order valence-corrected chi connectivity index (χ1v) is 4.40. The van der Waals surface area contributed by atoms with E-state index in [-0.39, 0.29) is 0 Å². The maximum absolute atomic E-state index is 10.7. The third-order valence-corrected chi connectivity index (χ3v) is 2.23. The Hall–Kier alpha value is -0.690. The molecule has 82 valence electrons. The van der Waals surface area contributed by atoms with Crippen molar-refractivity contribution >= 4 is 5.91 Å². The van der Waals surface area contributed by atoms with Crippen LogP contribution in [0, 0.1) is 0 Å². The first kappa shape index (κ1) is 11.4. The molecule has 0 aromatic carbocycles. The summed E-state index contributed by atoms with van der Waals surface area (Å²) in [6.07, 6.45) is -4.30. The van der Waals surface area contributed by atoms with Crippen LogP contribution in [-0.2, 0) is 9.53 Å². The highest BCUT2D eigenvalue weighted by Gasteiger charge is 2.42. The lowest BCUT2D eigenvalue weighted by atomic mass is 9.98. The minimum Gasteiger partial charge on any atom is -0.388 e. The van der Waals surface area contributed by atoms with Gasteiger partial charge in [0.05, 0.1) is 6.10 Å². The summed E-state index contributed by atoms with van der Waals surface area (Å²) in [6, 6.07) is -0.987. The van der Waals surface area contributed by atoms with Crippen molar-refractivity contribution in [1.82, 2.24) is 5.32 Å². The van der Waals surface area contributed by atoms with Gasteiger partial charge in [0.25, 0.3) is 0 Å². The molecule has 5 atom stereocenters. The Balaban J connectivity index is 2.68. The van der Waals surface area contributed by atoms with Gasteiger partial charge in [-0.25, -0.2) is 0 Å². The molecule has 6 heteroatoms. The van der Waals surface area contributed by atoms with Crippen LogP contribution in [0.25, 0.3) is 0 Å². The number of carbonyl (C=O) groups is 1. The average molecular weight is 205 g/mol. The zero-order chi connectivity index (χ0) is 10.9. The van der Waals surface area contributed by atoms with Crippen LogP contribution in [0.15, 0.2) is 0 Å². The number of amides is 1. The third kappa shape index (κ3) is 2.21. The van der Waals surface area contributed by atoms with E-state index in [9.17, 15) is 20.1 Å². The molecule has 1 amide bonds. The second kappa shape index (κ2) is 4.22. The van der Waals surface area contributed by atoms with E-state index >= 15 is 0 Å². The van der Waals surface area contributed by atoms with Crippen LogP contribution in [0.3, 0.4) is 0 Å². The van der Waals surface area contributed by atoms with E-state index in [1.54, 1.807) is 0 Å². The molecule has 0 aliphatic carbocycles. The van der Waals surface area contributed by atoms with Gasteiger partial charge in [0, 0.05) is 6.92 Å². The van der Waals surface area contributed by atoms with Crippen LogP contribution in [-0.4, -0.2) is 51.9 Å². The molecule has 0 radical (unpaired) electrons. The number of aliphatic hydroxyl groups excluding tert-OH is 3. The zero-order valence-corrected chi connectivity index (χ0v) is 8.04. The molecule has 1 fully saturated rings. The van der Waals surface area contributed by atoms with E-state index in [1.165, 1.54) is 13.8 Å². The van der Waals surface area contributed by atoms with Crippen LogP contribution < -0.4 is 5.32 Å². The van der Waals surface area contributed by atoms with Gasteiger partial charge in [-0.3, -0.25) is 4.79 Å². The molecule has 1 saturated heterocycles. The molecule has 0 aromatic rings. The molecule has 0 saturated carbocycles. The molecule has 1 aliphatic rings. The van der Waals surface area contributed by atoms with Crippen molar-refractivity contribution in [3.05, 3.63) is 0 Å². The summed E-state index contributed by atoms with van der Waals surface area (Å²) in [5, 5.41) is 30.6. The second-order valence-electron chi connectivity index (χ2n) is 3.44. The van der Waals surface area contributed by atoms with Crippen molar-refractivity contribution < 1.29 is 24.9 Å². The largest absolute Gasteiger partial charge is 0.388 e. The van der Waals surface area contributed by atoms with E-state index in [0.29, 0.717) is 0 Å². The van der Waals surface area contributed by atoms with Gasteiger partial charge in [0.1, 0.15) is 18.2 Å². The first-order valence-electron chi connectivity index (χ1n) is 4.40. The second-order valence-corrected chi connectivity index (χ2v) is 3.44. The number of hydrogen-bond donors (Lipinski definition) is 4. The van der Waals surface area contributed by atoms with Gasteiger partial charge in [0.2, 0.25) is 5.91 Å². The van der Waals surface area contributed by atoms with Crippen LogP contribution in [0.4, 0.5) is 0 Å². The lowest BCUT2D eigenvalue weighted by Gasteiger charge is -2.39. The number of rotatable bonds is 1. The molecule has 0 bridgehead atoms. The topological polar surface area (TPSA) is 99.0 Å². The minimum absolute atomic E-state index is 0.404. The molecule has 6 nitrogen and oxygen atoms in total. The molecule has 1 heterocycles. The lowest BCUT2D eigenvalue weighted by molar-refractivity contribution is -0.242. The Labute approximate surface area is 81.5 Å². The number of carbonyl (C=O) groups excluding carboxylic acids is 1. The normalized spacial score (nSPS) is 43.4. The molecule has 1 unspecified atom stereocenters. The van der Waals surface area contributed by atoms with Crippen molar-refractivity contribution in [1.29, 1.82) is 0 Å². The summed E-state index contributed by atoms with van der Waals surface area (Å²) in [7, 11) is 0. The predicted octanol–water partition coefficient (Wildman–Crippen LogP) is -2.05. The fourth-order valence-electron chi connectivity index (χ4n) is 1.44. The smallest absolute Gasteiger partial charge is 0.217 e. The Kier molecular flexibility index (Phi) is 3.43. The van der Waals surface area contributed by atoms with Gasteiger partial charge in [0.15, 0.2) is 6.29 Å². The summed E-state index contributed by atoms with van der Waals surface area (Å²) in [5.74, 6) is -0.404. The first-order chi connectivity index (χ1) is 6.43. The summed E-state index contributed by atoms with van der Waals surface area (Å²) >= 11 is 0. The van der Waals surface area contributed by atoms with Gasteiger partial charge in [-0.1, -0.05) is 0 Å². The molecule has 14 heavy (non-hydrogen) atoms. The van der Waals surface area contributed by atoms with Crippen LogP contribution in [0.5, 0.6) is 0 Å². The Morgan fingerprint density at radius 1 is 1.29 bits per heavy atom. The van der Waals surface area contributed by atoms with Crippen molar-refractivity contribution in [2.24, 2.45) is 0 Å². The van der Waals surface area contributed by atoms with Gasteiger partial charge >= 0.3 is 0 Å². The van der Waals surface area contributed by atoms with Crippen LogP contribution in [0.1, 0.15) is 13.8 Å². The Bertz CT molecular complexity index is 222. The number of ether oxygens (including phenoxy) is 1. The zero-order valence-electron chi connectivity index (χ0n) is 8.04. The lowest BCUT2D eigenvalue weighted by Crippen LogP contribution is -2.62. The fraction of sp³-hybridized carbons (Fsp3) is 0.875. The highest BCUT2D eigenvalue weighted by molar-refractivity contribution is 5.73. The quantitative estimate of drug-likeness (QED) is 0.395. The minimum atomic E-state index is -1.30. The van der Waals surface area contributed by atoms with Crippen molar-refractivity contribution in [2.45, 2.75) is 44.5 Å². The monoisotopic (exact) mass is 205 g/mol. The predicted molar refractivity (Wildman–Crippen MR) is 46.2 cm³/mol. The van der Waals surface area contributed by atoms with Gasteiger partial charge < -0.3 is 25.4 Å². The average Bonchev–Trinajstić information content (AvgIpc) is 2.09.